The lowest BCUT2D eigenvalue weighted by Gasteiger charge is -2.42. The number of hydrogen-bond acceptors (Lipinski definition) is 4. The summed E-state index contributed by atoms with van der Waals surface area (Å²) < 4.78 is 30.8. The number of rotatable bonds is 6. The molecule has 1 aliphatic carbocycles. The minimum atomic E-state index is -3.30. The van der Waals surface area contributed by atoms with E-state index in [0.29, 0.717) is 13.0 Å². The maximum atomic E-state index is 11.4. The highest BCUT2D eigenvalue weighted by molar-refractivity contribution is 7.89. The smallest absolute Gasteiger partial charge is 0.215 e. The Balaban J connectivity index is 2.52. The van der Waals surface area contributed by atoms with Gasteiger partial charge >= 0.3 is 0 Å². The molecule has 3 atom stereocenters. The summed E-state index contributed by atoms with van der Waals surface area (Å²) in [7, 11) is -3.30. The van der Waals surface area contributed by atoms with Gasteiger partial charge in [0.15, 0.2) is 0 Å². The Kier molecular flexibility index (Phi) is 4.27. The lowest BCUT2D eigenvalue weighted by molar-refractivity contribution is -0.0248. The predicted molar refractivity (Wildman–Crippen MR) is 58.9 cm³/mol. The fraction of sp³-hybridized carbons (Fsp3) is 0.778. The summed E-state index contributed by atoms with van der Waals surface area (Å²) in [5.41, 5.74) is 5.71. The zero-order valence-corrected chi connectivity index (χ0v) is 9.66. The number of nitrogens with one attached hydrogen (secondary N) is 1. The fourth-order valence-electron chi connectivity index (χ4n) is 1.60. The average molecular weight is 234 g/mol. The molecule has 0 heterocycles. The van der Waals surface area contributed by atoms with Gasteiger partial charge < -0.3 is 10.5 Å². The monoisotopic (exact) mass is 234 g/mol. The van der Waals surface area contributed by atoms with E-state index in [2.05, 4.69) is 11.3 Å². The first-order valence-corrected chi connectivity index (χ1v) is 6.63. The van der Waals surface area contributed by atoms with Crippen LogP contribution < -0.4 is 10.5 Å². The summed E-state index contributed by atoms with van der Waals surface area (Å²) in [5, 5.41) is 0. The van der Waals surface area contributed by atoms with Crippen LogP contribution in [0.2, 0.25) is 0 Å². The highest BCUT2D eigenvalue weighted by atomic mass is 32.2. The molecule has 0 aromatic rings. The largest absolute Gasteiger partial charge is 0.377 e. The summed E-state index contributed by atoms with van der Waals surface area (Å²) in [4.78, 5) is 0. The molecule has 1 fully saturated rings. The van der Waals surface area contributed by atoms with E-state index < -0.39 is 10.0 Å². The molecule has 3 N–H and O–H groups in total. The second-order valence-corrected chi connectivity index (χ2v) is 5.41. The molecule has 0 spiro atoms. The second-order valence-electron chi connectivity index (χ2n) is 3.61. The van der Waals surface area contributed by atoms with Crippen molar-refractivity contribution in [1.82, 2.24) is 4.72 Å². The minimum absolute atomic E-state index is 0.0882. The number of nitrogens with two attached hydrogens (primary N) is 1. The van der Waals surface area contributed by atoms with Crippen LogP contribution in [0.3, 0.4) is 0 Å². The molecule has 1 saturated carbocycles. The third kappa shape index (κ3) is 3.27. The van der Waals surface area contributed by atoms with Crippen molar-refractivity contribution >= 4 is 10.0 Å². The lowest BCUT2D eigenvalue weighted by Crippen LogP contribution is -2.64. The van der Waals surface area contributed by atoms with Crippen LogP contribution in [0.1, 0.15) is 13.3 Å². The van der Waals surface area contributed by atoms with Crippen molar-refractivity contribution in [3.8, 4) is 0 Å². The summed E-state index contributed by atoms with van der Waals surface area (Å²) >= 11 is 0. The van der Waals surface area contributed by atoms with E-state index in [1.807, 2.05) is 6.92 Å². The highest BCUT2D eigenvalue weighted by Gasteiger charge is 2.41. The van der Waals surface area contributed by atoms with Crippen LogP contribution in [0.4, 0.5) is 0 Å². The topological polar surface area (TPSA) is 81.4 Å². The van der Waals surface area contributed by atoms with Crippen molar-refractivity contribution in [2.75, 3.05) is 12.4 Å². The van der Waals surface area contributed by atoms with E-state index >= 15 is 0 Å². The van der Waals surface area contributed by atoms with E-state index in [9.17, 15) is 8.42 Å². The van der Waals surface area contributed by atoms with Crippen LogP contribution in [0.15, 0.2) is 12.7 Å². The van der Waals surface area contributed by atoms with Crippen LogP contribution in [-0.4, -0.2) is 39.0 Å². The minimum Gasteiger partial charge on any atom is -0.377 e. The average Bonchev–Trinajstić information content (AvgIpc) is 2.15. The molecule has 0 aromatic heterocycles. The Labute approximate surface area is 90.7 Å². The van der Waals surface area contributed by atoms with Gasteiger partial charge in [-0.05, 0) is 13.3 Å². The zero-order chi connectivity index (χ0) is 11.5. The molecule has 0 amide bonds. The summed E-state index contributed by atoms with van der Waals surface area (Å²) in [6.45, 7) is 5.83. The molecule has 88 valence electrons. The Morgan fingerprint density at radius 3 is 2.80 bits per heavy atom. The Morgan fingerprint density at radius 2 is 2.33 bits per heavy atom. The molecular formula is C9H18N2O3S. The van der Waals surface area contributed by atoms with E-state index in [1.54, 1.807) is 0 Å². The second kappa shape index (κ2) is 5.07. The third-order valence-electron chi connectivity index (χ3n) is 2.40. The molecule has 3 unspecified atom stereocenters. The zero-order valence-electron chi connectivity index (χ0n) is 8.85. The van der Waals surface area contributed by atoms with E-state index in [1.165, 1.54) is 6.08 Å². The SMILES string of the molecule is C=CCS(=O)(=O)NC1C(N)CC1OCC. The first-order chi connectivity index (χ1) is 7.00. The van der Waals surface area contributed by atoms with Crippen molar-refractivity contribution in [3.63, 3.8) is 0 Å². The van der Waals surface area contributed by atoms with Crippen LogP contribution in [0.25, 0.3) is 0 Å². The molecular weight excluding hydrogens is 216 g/mol. The van der Waals surface area contributed by atoms with Crippen molar-refractivity contribution in [1.29, 1.82) is 0 Å². The normalized spacial score (nSPS) is 30.9. The van der Waals surface area contributed by atoms with Gasteiger partial charge in [0.2, 0.25) is 10.0 Å². The van der Waals surface area contributed by atoms with E-state index in [-0.39, 0.29) is 23.9 Å². The van der Waals surface area contributed by atoms with Crippen molar-refractivity contribution in [2.24, 2.45) is 5.73 Å². The Bertz CT molecular complexity index is 313. The molecule has 0 bridgehead atoms. The molecule has 0 aliphatic heterocycles. The van der Waals surface area contributed by atoms with Crippen LogP contribution in [-0.2, 0) is 14.8 Å². The molecule has 0 saturated heterocycles. The van der Waals surface area contributed by atoms with Gasteiger partial charge in [-0.2, -0.15) is 0 Å². The van der Waals surface area contributed by atoms with E-state index in [0.717, 1.165) is 0 Å². The molecule has 0 aromatic carbocycles. The first kappa shape index (κ1) is 12.6. The van der Waals surface area contributed by atoms with Gasteiger partial charge in [-0.1, -0.05) is 6.08 Å². The van der Waals surface area contributed by atoms with Crippen molar-refractivity contribution in [3.05, 3.63) is 12.7 Å². The molecule has 0 radical (unpaired) electrons. The molecule has 15 heavy (non-hydrogen) atoms. The lowest BCUT2D eigenvalue weighted by atomic mass is 9.84. The maximum Gasteiger partial charge on any atom is 0.215 e. The van der Waals surface area contributed by atoms with Gasteiger partial charge in [-0.25, -0.2) is 13.1 Å². The molecule has 5 nitrogen and oxygen atoms in total. The number of ether oxygens (including phenoxy) is 1. The summed E-state index contributed by atoms with van der Waals surface area (Å²) in [6.07, 6.45) is 1.96. The quantitative estimate of drug-likeness (QED) is 0.613. The molecule has 1 rings (SSSR count). The predicted octanol–water partition coefficient (Wildman–Crippen LogP) is -0.403. The van der Waals surface area contributed by atoms with Gasteiger partial charge in [0.25, 0.3) is 0 Å². The van der Waals surface area contributed by atoms with Gasteiger partial charge in [0.1, 0.15) is 0 Å². The Hall–Kier alpha value is -0.430. The summed E-state index contributed by atoms with van der Waals surface area (Å²) in [6, 6.07) is -0.448. The van der Waals surface area contributed by atoms with Crippen molar-refractivity contribution in [2.45, 2.75) is 31.5 Å². The molecule has 1 aliphatic rings. The maximum absolute atomic E-state index is 11.4. The standard InChI is InChI=1S/C9H18N2O3S/c1-3-5-15(12,13)11-9-7(10)6-8(9)14-4-2/h3,7-9,11H,1,4-6,10H2,2H3. The Morgan fingerprint density at radius 1 is 1.67 bits per heavy atom. The van der Waals surface area contributed by atoms with Crippen LogP contribution in [0.5, 0.6) is 0 Å². The van der Waals surface area contributed by atoms with Gasteiger partial charge in [0, 0.05) is 12.6 Å². The van der Waals surface area contributed by atoms with Gasteiger partial charge in [0.05, 0.1) is 17.9 Å². The molecule has 6 heteroatoms. The fourth-order valence-corrected chi connectivity index (χ4v) is 2.75. The first-order valence-electron chi connectivity index (χ1n) is 4.98. The van der Waals surface area contributed by atoms with E-state index in [4.69, 9.17) is 10.5 Å². The number of sulfonamides is 1. The summed E-state index contributed by atoms with van der Waals surface area (Å²) in [5.74, 6) is -0.0882. The highest BCUT2D eigenvalue weighted by Crippen LogP contribution is 2.23. The third-order valence-corrected chi connectivity index (χ3v) is 3.71. The van der Waals surface area contributed by atoms with Gasteiger partial charge in [-0.3, -0.25) is 0 Å². The number of hydrogen-bond donors (Lipinski definition) is 2. The van der Waals surface area contributed by atoms with Gasteiger partial charge in [-0.15, -0.1) is 6.58 Å². The van der Waals surface area contributed by atoms with Crippen LogP contribution in [0, 0.1) is 0 Å². The van der Waals surface area contributed by atoms with Crippen LogP contribution >= 0.6 is 0 Å². The van der Waals surface area contributed by atoms with Crippen molar-refractivity contribution < 1.29 is 13.2 Å².